The van der Waals surface area contributed by atoms with Crippen molar-refractivity contribution in [2.75, 3.05) is 13.7 Å². The third-order valence-corrected chi connectivity index (χ3v) is 3.40. The van der Waals surface area contributed by atoms with Crippen molar-refractivity contribution >= 4 is 0 Å². The van der Waals surface area contributed by atoms with Gasteiger partial charge in [0.1, 0.15) is 5.75 Å². The van der Waals surface area contributed by atoms with Gasteiger partial charge in [-0.15, -0.1) is 0 Å². The Labute approximate surface area is 114 Å². The predicted molar refractivity (Wildman–Crippen MR) is 77.4 cm³/mol. The van der Waals surface area contributed by atoms with Crippen LogP contribution in [0.2, 0.25) is 0 Å². The number of ether oxygens (including phenoxy) is 1. The molecule has 1 heterocycles. The quantitative estimate of drug-likeness (QED) is 0.916. The lowest BCUT2D eigenvalue weighted by Crippen LogP contribution is -2.06. The maximum absolute atomic E-state index is 5.61. The minimum Gasteiger partial charge on any atom is -0.496 e. The number of aryl methyl sites for hydroxylation is 3. The number of benzene rings is 1. The molecule has 0 bridgehead atoms. The number of hydrogen-bond acceptors (Lipinski definition) is 3. The highest BCUT2D eigenvalue weighted by Crippen LogP contribution is 2.29. The second-order valence-electron chi connectivity index (χ2n) is 4.82. The van der Waals surface area contributed by atoms with E-state index in [4.69, 9.17) is 10.5 Å². The molecule has 0 radical (unpaired) electrons. The van der Waals surface area contributed by atoms with Crippen molar-refractivity contribution in [1.29, 1.82) is 0 Å². The van der Waals surface area contributed by atoms with Gasteiger partial charge in [0.25, 0.3) is 0 Å². The Balaban J connectivity index is 2.47. The molecular weight excluding hydrogens is 238 g/mol. The molecule has 0 aliphatic carbocycles. The van der Waals surface area contributed by atoms with E-state index in [1.54, 1.807) is 7.11 Å². The van der Waals surface area contributed by atoms with E-state index in [2.05, 4.69) is 30.2 Å². The van der Waals surface area contributed by atoms with Crippen LogP contribution in [0.5, 0.6) is 5.75 Å². The summed E-state index contributed by atoms with van der Waals surface area (Å²) < 4.78 is 7.25. The molecule has 4 nitrogen and oxygen atoms in total. The first kappa shape index (κ1) is 13.6. The van der Waals surface area contributed by atoms with Crippen molar-refractivity contribution in [3.63, 3.8) is 0 Å². The fourth-order valence-corrected chi connectivity index (χ4v) is 2.30. The molecule has 0 atom stereocenters. The molecule has 19 heavy (non-hydrogen) atoms. The van der Waals surface area contributed by atoms with Gasteiger partial charge in [0.2, 0.25) is 0 Å². The lowest BCUT2D eigenvalue weighted by molar-refractivity contribution is 0.411. The van der Waals surface area contributed by atoms with Gasteiger partial charge >= 0.3 is 0 Å². The molecular formula is C15H21N3O. The van der Waals surface area contributed by atoms with Crippen LogP contribution in [0.1, 0.15) is 16.8 Å². The molecule has 0 fully saturated rings. The second-order valence-corrected chi connectivity index (χ2v) is 4.82. The van der Waals surface area contributed by atoms with Crippen molar-refractivity contribution in [3.8, 4) is 17.0 Å². The summed E-state index contributed by atoms with van der Waals surface area (Å²) in [7, 11) is 3.65. The van der Waals surface area contributed by atoms with Crippen molar-refractivity contribution < 1.29 is 4.74 Å². The van der Waals surface area contributed by atoms with Gasteiger partial charge in [0, 0.05) is 24.7 Å². The van der Waals surface area contributed by atoms with Crippen LogP contribution >= 0.6 is 0 Å². The van der Waals surface area contributed by atoms with Gasteiger partial charge < -0.3 is 10.5 Å². The predicted octanol–water partition coefficient (Wildman–Crippen LogP) is 2.21. The van der Waals surface area contributed by atoms with Gasteiger partial charge in [-0.05, 0) is 49.7 Å². The van der Waals surface area contributed by atoms with E-state index in [-0.39, 0.29) is 0 Å². The van der Waals surface area contributed by atoms with Crippen LogP contribution in [0.25, 0.3) is 11.3 Å². The van der Waals surface area contributed by atoms with E-state index in [1.807, 2.05) is 18.7 Å². The molecule has 0 saturated heterocycles. The Kier molecular flexibility index (Phi) is 3.90. The maximum atomic E-state index is 5.61. The lowest BCUT2D eigenvalue weighted by atomic mass is 10.0. The molecule has 1 aromatic heterocycles. The molecule has 2 N–H and O–H groups in total. The van der Waals surface area contributed by atoms with Gasteiger partial charge in [-0.3, -0.25) is 4.68 Å². The van der Waals surface area contributed by atoms with Crippen molar-refractivity contribution in [1.82, 2.24) is 9.78 Å². The summed E-state index contributed by atoms with van der Waals surface area (Å²) in [5, 5.41) is 4.58. The van der Waals surface area contributed by atoms with E-state index in [0.29, 0.717) is 6.54 Å². The van der Waals surface area contributed by atoms with E-state index < -0.39 is 0 Å². The zero-order chi connectivity index (χ0) is 14.0. The monoisotopic (exact) mass is 259 g/mol. The fourth-order valence-electron chi connectivity index (χ4n) is 2.30. The van der Waals surface area contributed by atoms with Crippen LogP contribution in [0.3, 0.4) is 0 Å². The highest BCUT2D eigenvalue weighted by atomic mass is 16.5. The molecule has 4 heteroatoms. The number of nitrogens with two attached hydrogens (primary N) is 1. The van der Waals surface area contributed by atoms with Crippen LogP contribution < -0.4 is 10.5 Å². The molecule has 2 aromatic rings. The molecule has 1 aromatic carbocycles. The Morgan fingerprint density at radius 1 is 1.21 bits per heavy atom. The molecule has 0 aliphatic heterocycles. The van der Waals surface area contributed by atoms with Gasteiger partial charge in [0.05, 0.1) is 12.8 Å². The molecule has 0 aliphatic rings. The van der Waals surface area contributed by atoms with E-state index in [0.717, 1.165) is 34.7 Å². The number of methoxy groups -OCH3 is 1. The summed E-state index contributed by atoms with van der Waals surface area (Å²) in [6.07, 6.45) is 0.845. The van der Waals surface area contributed by atoms with Gasteiger partial charge in [-0.2, -0.15) is 5.10 Å². The number of hydrogen-bond donors (Lipinski definition) is 1. The highest BCUT2D eigenvalue weighted by Gasteiger charge is 2.11. The van der Waals surface area contributed by atoms with Gasteiger partial charge in [-0.25, -0.2) is 0 Å². The van der Waals surface area contributed by atoms with Crippen LogP contribution in [-0.4, -0.2) is 23.4 Å². The highest BCUT2D eigenvalue weighted by molar-refractivity contribution is 5.66. The smallest absolute Gasteiger partial charge is 0.122 e. The zero-order valence-corrected chi connectivity index (χ0v) is 12.0. The average Bonchev–Trinajstić information content (AvgIpc) is 2.73. The summed E-state index contributed by atoms with van der Waals surface area (Å²) >= 11 is 0. The Hall–Kier alpha value is -1.81. The average molecular weight is 259 g/mol. The largest absolute Gasteiger partial charge is 0.496 e. The first-order chi connectivity index (χ1) is 9.06. The minimum absolute atomic E-state index is 0.638. The number of nitrogens with zero attached hydrogens (tertiary/aromatic N) is 2. The van der Waals surface area contributed by atoms with Gasteiger partial charge in [0.15, 0.2) is 0 Å². The van der Waals surface area contributed by atoms with Crippen LogP contribution in [0.4, 0.5) is 0 Å². The summed E-state index contributed by atoms with van der Waals surface area (Å²) in [5.74, 6) is 0.916. The molecule has 2 rings (SSSR count). The maximum Gasteiger partial charge on any atom is 0.122 e. The standard InChI is InChI=1S/C15H21N3O/c1-10-8-15(19-4)11(2)7-13(10)14-9-12(5-6-16)18(3)17-14/h7-9H,5-6,16H2,1-4H3. The molecule has 0 unspecified atom stereocenters. The van der Waals surface area contributed by atoms with Crippen molar-refractivity contribution in [3.05, 3.63) is 35.0 Å². The number of rotatable bonds is 4. The zero-order valence-electron chi connectivity index (χ0n) is 12.0. The first-order valence-corrected chi connectivity index (χ1v) is 6.45. The summed E-state index contributed by atoms with van der Waals surface area (Å²) in [6, 6.07) is 6.30. The molecule has 0 amide bonds. The first-order valence-electron chi connectivity index (χ1n) is 6.45. The van der Waals surface area contributed by atoms with Crippen LogP contribution in [-0.2, 0) is 13.5 Å². The SMILES string of the molecule is COc1cc(C)c(-c2cc(CCN)n(C)n2)cc1C. The third-order valence-electron chi connectivity index (χ3n) is 3.40. The van der Waals surface area contributed by atoms with Crippen molar-refractivity contribution in [2.45, 2.75) is 20.3 Å². The summed E-state index contributed by atoms with van der Waals surface area (Å²) in [5.41, 5.74) is 11.2. The third kappa shape index (κ3) is 2.63. The Bertz CT molecular complexity index is 587. The number of aromatic nitrogens is 2. The lowest BCUT2D eigenvalue weighted by Gasteiger charge is -2.09. The topological polar surface area (TPSA) is 53.1 Å². The fraction of sp³-hybridized carbons (Fsp3) is 0.400. The van der Waals surface area contributed by atoms with Gasteiger partial charge in [-0.1, -0.05) is 0 Å². The van der Waals surface area contributed by atoms with Crippen molar-refractivity contribution in [2.24, 2.45) is 12.8 Å². The Morgan fingerprint density at radius 3 is 2.58 bits per heavy atom. The van der Waals surface area contributed by atoms with Crippen LogP contribution in [0, 0.1) is 13.8 Å². The summed E-state index contributed by atoms with van der Waals surface area (Å²) in [4.78, 5) is 0. The van der Waals surface area contributed by atoms with Crippen LogP contribution in [0.15, 0.2) is 18.2 Å². The second kappa shape index (κ2) is 5.45. The van der Waals surface area contributed by atoms with E-state index >= 15 is 0 Å². The van der Waals surface area contributed by atoms with E-state index in [9.17, 15) is 0 Å². The molecule has 0 saturated carbocycles. The summed E-state index contributed by atoms with van der Waals surface area (Å²) in [6.45, 7) is 4.76. The normalized spacial score (nSPS) is 10.8. The Morgan fingerprint density at radius 2 is 1.95 bits per heavy atom. The minimum atomic E-state index is 0.638. The molecule has 102 valence electrons. The molecule has 0 spiro atoms. The van der Waals surface area contributed by atoms with E-state index in [1.165, 1.54) is 5.56 Å².